The average molecular weight is 335 g/mol. The van der Waals surface area contributed by atoms with Crippen LogP contribution in [0.3, 0.4) is 0 Å². The minimum atomic E-state index is -1.01. The van der Waals surface area contributed by atoms with E-state index in [1.54, 1.807) is 18.2 Å². The zero-order valence-electron chi connectivity index (χ0n) is 12.1. The van der Waals surface area contributed by atoms with E-state index in [2.05, 4.69) is 0 Å². The number of carboxylic acid groups (broad SMARTS) is 1. The molecule has 23 heavy (non-hydrogen) atoms. The fourth-order valence-corrected chi connectivity index (χ4v) is 1.79. The van der Waals surface area contributed by atoms with E-state index in [0.29, 0.717) is 29.4 Å². The van der Waals surface area contributed by atoms with Gasteiger partial charge < -0.3 is 20.3 Å². The molecule has 0 bridgehead atoms. The minimum absolute atomic E-state index is 0. The highest BCUT2D eigenvalue weighted by molar-refractivity contribution is 5.87. The Hall–Kier alpha value is -2.75. The van der Waals surface area contributed by atoms with Crippen molar-refractivity contribution in [2.24, 2.45) is 5.73 Å². The third-order valence-corrected chi connectivity index (χ3v) is 2.79. The molecular weight excluding hydrogens is 320 g/mol. The van der Waals surface area contributed by atoms with Gasteiger partial charge in [-0.05, 0) is 36.4 Å². The third-order valence-electron chi connectivity index (χ3n) is 2.79. The van der Waals surface area contributed by atoms with Gasteiger partial charge in [0, 0.05) is 6.54 Å². The summed E-state index contributed by atoms with van der Waals surface area (Å²) in [6.07, 6.45) is 0. The molecule has 6 nitrogen and oxygen atoms in total. The molecule has 0 saturated carbocycles. The second-order valence-electron chi connectivity index (χ2n) is 4.31. The molecule has 3 N–H and O–H groups in total. The molecule has 0 aliphatic heterocycles. The summed E-state index contributed by atoms with van der Waals surface area (Å²) in [6, 6.07) is 12.9. The van der Waals surface area contributed by atoms with Crippen LogP contribution in [0.25, 0.3) is 0 Å². The lowest BCUT2D eigenvalue weighted by Gasteiger charge is -2.13. The van der Waals surface area contributed by atoms with E-state index in [1.807, 2.05) is 6.07 Å². The molecule has 0 unspecified atom stereocenters. The van der Waals surface area contributed by atoms with Gasteiger partial charge in [0.1, 0.15) is 18.4 Å². The van der Waals surface area contributed by atoms with Crippen LogP contribution in [-0.2, 0) is 0 Å². The quantitative estimate of drug-likeness (QED) is 0.841. The number of nitrogens with zero attached hydrogens (tertiary/aromatic N) is 1. The van der Waals surface area contributed by atoms with E-state index < -0.39 is 5.97 Å². The number of para-hydroxylation sites is 1. The standard InChI is InChI=1S/C16H14N2O4.ClH/c17-8-9-21-15-12(10-18)2-1-3-14(15)22-13-6-4-11(5-7-13)16(19)20;/h1-7H,8-9,17H2,(H,19,20);1H. The van der Waals surface area contributed by atoms with E-state index >= 15 is 0 Å². The maximum Gasteiger partial charge on any atom is 0.335 e. The highest BCUT2D eigenvalue weighted by atomic mass is 35.5. The largest absolute Gasteiger partial charge is 0.487 e. The normalized spacial score (nSPS) is 9.39. The first kappa shape index (κ1) is 18.3. The molecule has 7 heteroatoms. The van der Waals surface area contributed by atoms with Crippen molar-refractivity contribution < 1.29 is 19.4 Å². The highest BCUT2D eigenvalue weighted by Crippen LogP contribution is 2.34. The molecule has 0 heterocycles. The molecule has 0 spiro atoms. The Balaban J connectivity index is 0.00000264. The monoisotopic (exact) mass is 334 g/mol. The summed E-state index contributed by atoms with van der Waals surface area (Å²) >= 11 is 0. The van der Waals surface area contributed by atoms with Crippen molar-refractivity contribution >= 4 is 18.4 Å². The summed E-state index contributed by atoms with van der Waals surface area (Å²) in [5, 5.41) is 18.0. The van der Waals surface area contributed by atoms with E-state index in [-0.39, 0.29) is 24.6 Å². The molecule has 0 fully saturated rings. The summed E-state index contributed by atoms with van der Waals surface area (Å²) < 4.78 is 11.1. The van der Waals surface area contributed by atoms with Gasteiger partial charge in [0.05, 0.1) is 11.1 Å². The molecule has 0 aromatic heterocycles. The van der Waals surface area contributed by atoms with Gasteiger partial charge in [-0.15, -0.1) is 12.4 Å². The molecule has 2 rings (SSSR count). The number of halogens is 1. The summed E-state index contributed by atoms with van der Waals surface area (Å²) in [6.45, 7) is 0.569. The van der Waals surface area contributed by atoms with Crippen LogP contribution in [0, 0.1) is 11.3 Å². The summed E-state index contributed by atoms with van der Waals surface area (Å²) in [7, 11) is 0. The maximum absolute atomic E-state index is 10.8. The Morgan fingerprint density at radius 2 is 1.91 bits per heavy atom. The van der Waals surface area contributed by atoms with Crippen LogP contribution in [0.15, 0.2) is 42.5 Å². The van der Waals surface area contributed by atoms with Gasteiger partial charge in [0.15, 0.2) is 11.5 Å². The lowest BCUT2D eigenvalue weighted by Crippen LogP contribution is -2.11. The summed E-state index contributed by atoms with van der Waals surface area (Å²) in [5.74, 6) is 0.121. The second-order valence-corrected chi connectivity index (χ2v) is 4.31. The molecule has 0 amide bonds. The van der Waals surface area contributed by atoms with E-state index in [1.165, 1.54) is 24.3 Å². The highest BCUT2D eigenvalue weighted by Gasteiger charge is 2.12. The van der Waals surface area contributed by atoms with E-state index in [4.69, 9.17) is 25.6 Å². The fraction of sp³-hybridized carbons (Fsp3) is 0.125. The van der Waals surface area contributed by atoms with Gasteiger partial charge >= 0.3 is 5.97 Å². The summed E-state index contributed by atoms with van der Waals surface area (Å²) in [4.78, 5) is 10.8. The molecular formula is C16H15ClN2O4. The topological polar surface area (TPSA) is 106 Å². The number of carboxylic acids is 1. The smallest absolute Gasteiger partial charge is 0.335 e. The number of hydrogen-bond acceptors (Lipinski definition) is 5. The average Bonchev–Trinajstić information content (AvgIpc) is 2.54. The van der Waals surface area contributed by atoms with Crippen molar-refractivity contribution in [3.8, 4) is 23.3 Å². The van der Waals surface area contributed by atoms with Gasteiger partial charge in [-0.1, -0.05) is 6.07 Å². The SMILES string of the molecule is Cl.N#Cc1cccc(Oc2ccc(C(=O)O)cc2)c1OCCN. The molecule has 0 atom stereocenters. The van der Waals surface area contributed by atoms with E-state index in [9.17, 15) is 4.79 Å². The predicted molar refractivity (Wildman–Crippen MR) is 86.4 cm³/mol. The first-order chi connectivity index (χ1) is 10.7. The molecule has 2 aromatic rings. The number of nitriles is 1. The molecule has 120 valence electrons. The van der Waals surface area contributed by atoms with Gasteiger partial charge in [0.2, 0.25) is 0 Å². The van der Waals surface area contributed by atoms with Crippen molar-refractivity contribution in [3.63, 3.8) is 0 Å². The lowest BCUT2D eigenvalue weighted by molar-refractivity contribution is 0.0697. The van der Waals surface area contributed by atoms with Crippen LogP contribution in [0.5, 0.6) is 17.2 Å². The van der Waals surface area contributed by atoms with Gasteiger partial charge in [0.25, 0.3) is 0 Å². The molecule has 0 saturated heterocycles. The second kappa shape index (κ2) is 8.63. The molecule has 0 aliphatic carbocycles. The Kier molecular flexibility index (Phi) is 6.87. The Morgan fingerprint density at radius 3 is 2.48 bits per heavy atom. The van der Waals surface area contributed by atoms with E-state index in [0.717, 1.165) is 0 Å². The third kappa shape index (κ3) is 4.61. The Morgan fingerprint density at radius 1 is 1.22 bits per heavy atom. The minimum Gasteiger partial charge on any atom is -0.487 e. The van der Waals surface area contributed by atoms with Crippen LogP contribution in [0.2, 0.25) is 0 Å². The van der Waals surface area contributed by atoms with Gasteiger partial charge in [-0.2, -0.15) is 5.26 Å². The van der Waals surface area contributed by atoms with Gasteiger partial charge in [-0.3, -0.25) is 0 Å². The van der Waals surface area contributed by atoms with Crippen molar-refractivity contribution in [3.05, 3.63) is 53.6 Å². The van der Waals surface area contributed by atoms with Gasteiger partial charge in [-0.25, -0.2) is 4.79 Å². The molecule has 0 radical (unpaired) electrons. The van der Waals surface area contributed by atoms with Crippen molar-refractivity contribution in [2.45, 2.75) is 0 Å². The van der Waals surface area contributed by atoms with Crippen LogP contribution in [0.4, 0.5) is 0 Å². The lowest BCUT2D eigenvalue weighted by atomic mass is 10.2. The van der Waals surface area contributed by atoms with Crippen LogP contribution < -0.4 is 15.2 Å². The molecule has 2 aromatic carbocycles. The van der Waals surface area contributed by atoms with Crippen LogP contribution in [0.1, 0.15) is 15.9 Å². The van der Waals surface area contributed by atoms with Crippen molar-refractivity contribution in [2.75, 3.05) is 13.2 Å². The summed E-state index contributed by atoms with van der Waals surface area (Å²) in [5.41, 5.74) is 5.92. The number of rotatable bonds is 6. The zero-order valence-corrected chi connectivity index (χ0v) is 12.9. The number of hydrogen-bond donors (Lipinski definition) is 2. The zero-order chi connectivity index (χ0) is 15.9. The number of ether oxygens (including phenoxy) is 2. The fourth-order valence-electron chi connectivity index (χ4n) is 1.79. The maximum atomic E-state index is 10.8. The molecule has 0 aliphatic rings. The predicted octanol–water partition coefficient (Wildman–Crippen LogP) is 2.81. The number of nitrogens with two attached hydrogens (primary N) is 1. The Bertz CT molecular complexity index is 711. The van der Waals surface area contributed by atoms with Crippen LogP contribution in [-0.4, -0.2) is 24.2 Å². The van der Waals surface area contributed by atoms with Crippen molar-refractivity contribution in [1.29, 1.82) is 5.26 Å². The first-order valence-corrected chi connectivity index (χ1v) is 6.53. The Labute approximate surface area is 139 Å². The van der Waals surface area contributed by atoms with Crippen LogP contribution >= 0.6 is 12.4 Å². The number of carbonyl (C=O) groups is 1. The number of benzene rings is 2. The van der Waals surface area contributed by atoms with Crippen molar-refractivity contribution in [1.82, 2.24) is 0 Å². The number of aromatic carboxylic acids is 1. The first-order valence-electron chi connectivity index (χ1n) is 6.53.